The summed E-state index contributed by atoms with van der Waals surface area (Å²) in [6.07, 6.45) is 1.34. The van der Waals surface area contributed by atoms with Gasteiger partial charge in [0.05, 0.1) is 17.3 Å². The van der Waals surface area contributed by atoms with Crippen LogP contribution in [-0.4, -0.2) is 9.97 Å². The van der Waals surface area contributed by atoms with Crippen LogP contribution in [0.1, 0.15) is 5.56 Å². The standard InChI is InChI=1S/C7H3N3OS/c8-1-4-2-12-7-5(4)6(11)9-3-10-7/h2-3H,(H,9,10,11). The molecule has 0 aliphatic heterocycles. The molecule has 0 radical (unpaired) electrons. The second-order valence-corrected chi connectivity index (χ2v) is 3.03. The molecular formula is C7H3N3OS. The van der Waals surface area contributed by atoms with Gasteiger partial charge in [0, 0.05) is 5.38 Å². The van der Waals surface area contributed by atoms with Crippen molar-refractivity contribution in [2.45, 2.75) is 0 Å². The molecule has 0 atom stereocenters. The fraction of sp³-hybridized carbons (Fsp3) is 0. The monoisotopic (exact) mass is 177 g/mol. The first kappa shape index (κ1) is 7.00. The van der Waals surface area contributed by atoms with E-state index < -0.39 is 0 Å². The predicted molar refractivity (Wildman–Crippen MR) is 45.0 cm³/mol. The molecule has 5 heteroatoms. The van der Waals surface area contributed by atoms with Gasteiger partial charge in [-0.25, -0.2) is 4.98 Å². The Balaban J connectivity index is 3.05. The Morgan fingerprint density at radius 2 is 2.50 bits per heavy atom. The molecular weight excluding hydrogens is 174 g/mol. The average Bonchev–Trinajstić information content (AvgIpc) is 2.49. The number of thiophene rings is 1. The minimum absolute atomic E-state index is 0.252. The molecule has 58 valence electrons. The lowest BCUT2D eigenvalue weighted by atomic mass is 10.3. The van der Waals surface area contributed by atoms with Crippen LogP contribution in [0.4, 0.5) is 0 Å². The third-order valence-electron chi connectivity index (χ3n) is 1.50. The molecule has 0 fully saturated rings. The number of hydrogen-bond donors (Lipinski definition) is 1. The number of nitrogens with zero attached hydrogens (tertiary/aromatic N) is 2. The molecule has 2 aromatic heterocycles. The topological polar surface area (TPSA) is 69.5 Å². The maximum atomic E-state index is 11.2. The molecule has 0 bridgehead atoms. The first-order valence-corrected chi connectivity index (χ1v) is 4.06. The van der Waals surface area contributed by atoms with E-state index in [1.54, 1.807) is 5.38 Å². The summed E-state index contributed by atoms with van der Waals surface area (Å²) in [6.45, 7) is 0. The van der Waals surface area contributed by atoms with Crippen LogP contribution in [0.2, 0.25) is 0 Å². The zero-order chi connectivity index (χ0) is 8.55. The quantitative estimate of drug-likeness (QED) is 0.648. The van der Waals surface area contributed by atoms with Gasteiger partial charge in [-0.1, -0.05) is 0 Å². The van der Waals surface area contributed by atoms with Crippen LogP contribution < -0.4 is 5.56 Å². The Labute approximate surface area is 71.1 Å². The number of hydrogen-bond acceptors (Lipinski definition) is 4. The largest absolute Gasteiger partial charge is 0.313 e. The number of aromatic amines is 1. The van der Waals surface area contributed by atoms with Gasteiger partial charge in [-0.15, -0.1) is 11.3 Å². The van der Waals surface area contributed by atoms with E-state index >= 15 is 0 Å². The second kappa shape index (κ2) is 2.43. The molecule has 0 aromatic carbocycles. The average molecular weight is 177 g/mol. The molecule has 0 aliphatic rings. The Hall–Kier alpha value is -1.67. The van der Waals surface area contributed by atoms with Crippen molar-refractivity contribution in [2.24, 2.45) is 0 Å². The number of H-pyrrole nitrogens is 1. The van der Waals surface area contributed by atoms with Crippen molar-refractivity contribution in [2.75, 3.05) is 0 Å². The summed E-state index contributed by atoms with van der Waals surface area (Å²) in [4.78, 5) is 18.1. The lowest BCUT2D eigenvalue weighted by Crippen LogP contribution is -2.05. The van der Waals surface area contributed by atoms with E-state index in [2.05, 4.69) is 9.97 Å². The molecule has 1 N–H and O–H groups in total. The molecule has 2 rings (SSSR count). The molecule has 2 aromatic rings. The van der Waals surface area contributed by atoms with Gasteiger partial charge in [-0.2, -0.15) is 5.26 Å². The van der Waals surface area contributed by atoms with Crippen LogP contribution >= 0.6 is 11.3 Å². The minimum Gasteiger partial charge on any atom is -0.313 e. The van der Waals surface area contributed by atoms with Crippen molar-refractivity contribution in [3.63, 3.8) is 0 Å². The fourth-order valence-corrected chi connectivity index (χ4v) is 1.80. The number of fused-ring (bicyclic) bond motifs is 1. The number of nitriles is 1. The van der Waals surface area contributed by atoms with Crippen LogP contribution in [0.5, 0.6) is 0 Å². The Kier molecular flexibility index (Phi) is 1.42. The third-order valence-corrected chi connectivity index (χ3v) is 2.38. The highest BCUT2D eigenvalue weighted by molar-refractivity contribution is 7.17. The van der Waals surface area contributed by atoms with Crippen molar-refractivity contribution >= 4 is 21.6 Å². The van der Waals surface area contributed by atoms with Crippen LogP contribution in [0, 0.1) is 11.3 Å². The number of nitrogens with one attached hydrogen (secondary N) is 1. The molecule has 4 nitrogen and oxygen atoms in total. The van der Waals surface area contributed by atoms with E-state index in [1.165, 1.54) is 17.7 Å². The Morgan fingerprint density at radius 1 is 1.67 bits per heavy atom. The SMILES string of the molecule is N#Cc1csc2nc[nH]c(=O)c12. The van der Waals surface area contributed by atoms with Crippen molar-refractivity contribution < 1.29 is 0 Å². The van der Waals surface area contributed by atoms with Gasteiger partial charge in [-0.05, 0) is 0 Å². The van der Waals surface area contributed by atoms with Crippen molar-refractivity contribution in [1.29, 1.82) is 5.26 Å². The molecule has 12 heavy (non-hydrogen) atoms. The van der Waals surface area contributed by atoms with Gasteiger partial charge in [0.25, 0.3) is 5.56 Å². The van der Waals surface area contributed by atoms with E-state index in [1.807, 2.05) is 6.07 Å². The van der Waals surface area contributed by atoms with Gasteiger partial charge >= 0.3 is 0 Å². The molecule has 0 amide bonds. The van der Waals surface area contributed by atoms with Crippen LogP contribution in [0.25, 0.3) is 10.2 Å². The zero-order valence-corrected chi connectivity index (χ0v) is 6.68. The normalized spacial score (nSPS) is 9.92. The van der Waals surface area contributed by atoms with Gasteiger partial charge in [0.15, 0.2) is 0 Å². The predicted octanol–water partition coefficient (Wildman–Crippen LogP) is 0.856. The molecule has 0 spiro atoms. The van der Waals surface area contributed by atoms with Gasteiger partial charge < -0.3 is 4.98 Å². The summed E-state index contributed by atoms with van der Waals surface area (Å²) >= 11 is 1.30. The lowest BCUT2D eigenvalue weighted by Gasteiger charge is -1.84. The summed E-state index contributed by atoms with van der Waals surface area (Å²) in [5, 5.41) is 10.7. The smallest absolute Gasteiger partial charge is 0.260 e. The summed E-state index contributed by atoms with van der Waals surface area (Å²) in [6, 6.07) is 1.94. The number of aromatic nitrogens is 2. The lowest BCUT2D eigenvalue weighted by molar-refractivity contribution is 1.18. The van der Waals surface area contributed by atoms with Crippen molar-refractivity contribution in [3.05, 3.63) is 27.6 Å². The highest BCUT2D eigenvalue weighted by atomic mass is 32.1. The summed E-state index contributed by atoms with van der Waals surface area (Å²) in [7, 11) is 0. The van der Waals surface area contributed by atoms with E-state index in [0.717, 1.165) is 0 Å². The summed E-state index contributed by atoms with van der Waals surface area (Å²) in [5.41, 5.74) is 0.141. The van der Waals surface area contributed by atoms with Gasteiger partial charge in [-0.3, -0.25) is 4.79 Å². The van der Waals surface area contributed by atoms with Gasteiger partial charge in [0.1, 0.15) is 10.9 Å². The minimum atomic E-state index is -0.252. The molecule has 0 saturated heterocycles. The number of rotatable bonds is 0. The zero-order valence-electron chi connectivity index (χ0n) is 5.87. The molecule has 0 unspecified atom stereocenters. The maximum absolute atomic E-state index is 11.2. The van der Waals surface area contributed by atoms with Crippen molar-refractivity contribution in [3.8, 4) is 6.07 Å². The fourth-order valence-electron chi connectivity index (χ4n) is 0.966. The van der Waals surface area contributed by atoms with E-state index in [0.29, 0.717) is 15.8 Å². The first-order chi connectivity index (χ1) is 5.83. The summed E-state index contributed by atoms with van der Waals surface area (Å²) < 4.78 is 0. The van der Waals surface area contributed by atoms with E-state index in [-0.39, 0.29) is 5.56 Å². The van der Waals surface area contributed by atoms with E-state index in [4.69, 9.17) is 5.26 Å². The third kappa shape index (κ3) is 0.822. The maximum Gasteiger partial charge on any atom is 0.260 e. The van der Waals surface area contributed by atoms with Crippen molar-refractivity contribution in [1.82, 2.24) is 9.97 Å². The van der Waals surface area contributed by atoms with Crippen LogP contribution in [0.15, 0.2) is 16.5 Å². The Bertz CT molecular complexity index is 519. The van der Waals surface area contributed by atoms with Crippen LogP contribution in [0.3, 0.4) is 0 Å². The molecule has 0 saturated carbocycles. The summed E-state index contributed by atoms with van der Waals surface area (Å²) in [5.74, 6) is 0. The first-order valence-electron chi connectivity index (χ1n) is 3.18. The highest BCUT2D eigenvalue weighted by Gasteiger charge is 2.06. The Morgan fingerprint density at radius 3 is 3.25 bits per heavy atom. The second-order valence-electron chi connectivity index (χ2n) is 2.17. The van der Waals surface area contributed by atoms with Crippen LogP contribution in [-0.2, 0) is 0 Å². The molecule has 0 aliphatic carbocycles. The van der Waals surface area contributed by atoms with Gasteiger partial charge in [0.2, 0.25) is 0 Å². The van der Waals surface area contributed by atoms with E-state index in [9.17, 15) is 4.79 Å². The highest BCUT2D eigenvalue weighted by Crippen LogP contribution is 2.18. The molecule has 2 heterocycles.